The van der Waals surface area contributed by atoms with Crippen LogP contribution in [0.2, 0.25) is 0 Å². The fourth-order valence-corrected chi connectivity index (χ4v) is 6.76. The van der Waals surface area contributed by atoms with Crippen molar-refractivity contribution in [3.63, 3.8) is 0 Å². The summed E-state index contributed by atoms with van der Waals surface area (Å²) in [7, 11) is -11.7. The van der Waals surface area contributed by atoms with E-state index < -0.39 is 48.8 Å². The number of hydrogen-bond acceptors (Lipinski definition) is 3. The van der Waals surface area contributed by atoms with E-state index in [2.05, 4.69) is 15.9 Å². The number of benzene rings is 4. The minimum absolute atomic E-state index is 0.107. The molecule has 0 aliphatic carbocycles. The van der Waals surface area contributed by atoms with Crippen LogP contribution in [0.25, 0.3) is 0 Å². The average Bonchev–Trinajstić information content (AvgIpc) is 2.96. The van der Waals surface area contributed by atoms with Crippen molar-refractivity contribution in [1.29, 1.82) is 0 Å². The monoisotopic (exact) mass is 714 g/mol. The summed E-state index contributed by atoms with van der Waals surface area (Å²) < 4.78 is 80.3. The van der Waals surface area contributed by atoms with Gasteiger partial charge >= 0.3 is 26.5 Å². The Labute approximate surface area is 258 Å². The summed E-state index contributed by atoms with van der Waals surface area (Å²) in [4.78, 5) is 51.1. The molecular weight excluding hydrogens is 690 g/mol. The topological polar surface area (TPSA) is 132 Å². The molecular formula is C30H25BrF4O7P2. The Hall–Kier alpha value is -2.95. The summed E-state index contributed by atoms with van der Waals surface area (Å²) in [5, 5.41) is 0. The van der Waals surface area contributed by atoms with Gasteiger partial charge in [-0.1, -0.05) is 113 Å². The summed E-state index contributed by atoms with van der Waals surface area (Å²) in [5.74, 6) is -0.394. The summed E-state index contributed by atoms with van der Waals surface area (Å²) >= 11 is 2.99. The second-order valence-electron chi connectivity index (χ2n) is 10.2. The standard InChI is InChI=1S/C30H25BrF4O7P2/c31-26-17-21(13-16-25(26)30(34,35)44(40,41)42)19-28(23-9-5-2-6-10-23,27(36)22-7-3-1-4-8-22)18-20-11-14-24(15-12-20)29(32,33)43(37,38)39/h1-17H,18-19H2,(H2,37,38,39)(H2,40,41,42). The molecule has 4 rings (SSSR count). The van der Waals surface area contributed by atoms with E-state index in [0.717, 1.165) is 18.2 Å². The van der Waals surface area contributed by atoms with Gasteiger partial charge in [0.2, 0.25) is 0 Å². The first kappa shape index (κ1) is 33.9. The van der Waals surface area contributed by atoms with Crippen LogP contribution in [0.5, 0.6) is 0 Å². The number of Topliss-reactive ketones (excluding diaryl/α,β-unsaturated/α-hetero) is 1. The van der Waals surface area contributed by atoms with Gasteiger partial charge in [0, 0.05) is 21.2 Å². The van der Waals surface area contributed by atoms with Crippen molar-refractivity contribution in [2.24, 2.45) is 0 Å². The molecule has 0 saturated heterocycles. The highest BCUT2D eigenvalue weighted by atomic mass is 79.9. The lowest BCUT2D eigenvalue weighted by Gasteiger charge is -2.34. The molecule has 232 valence electrons. The van der Waals surface area contributed by atoms with Gasteiger partial charge in [-0.05, 0) is 35.6 Å². The van der Waals surface area contributed by atoms with E-state index in [1.807, 2.05) is 0 Å². The third-order valence-corrected chi connectivity index (χ3v) is 9.82. The molecule has 14 heteroatoms. The number of ketones is 1. The Morgan fingerprint density at radius 3 is 1.61 bits per heavy atom. The van der Waals surface area contributed by atoms with Crippen molar-refractivity contribution in [3.8, 4) is 0 Å². The van der Waals surface area contributed by atoms with Gasteiger partial charge in [0.25, 0.3) is 0 Å². The number of carbonyl (C=O) groups is 1. The molecule has 44 heavy (non-hydrogen) atoms. The van der Waals surface area contributed by atoms with E-state index >= 15 is 0 Å². The molecule has 1 atom stereocenters. The van der Waals surface area contributed by atoms with E-state index in [1.54, 1.807) is 60.7 Å². The van der Waals surface area contributed by atoms with Gasteiger partial charge in [0.15, 0.2) is 5.78 Å². The van der Waals surface area contributed by atoms with Gasteiger partial charge in [-0.3, -0.25) is 13.9 Å². The fraction of sp³-hybridized carbons (Fsp3) is 0.167. The Kier molecular flexibility index (Phi) is 9.60. The van der Waals surface area contributed by atoms with Crippen molar-refractivity contribution >= 4 is 36.9 Å². The van der Waals surface area contributed by atoms with Crippen LogP contribution < -0.4 is 0 Å². The predicted molar refractivity (Wildman–Crippen MR) is 159 cm³/mol. The Balaban J connectivity index is 1.88. The van der Waals surface area contributed by atoms with Crippen molar-refractivity contribution in [3.05, 3.63) is 141 Å². The SMILES string of the molecule is O=C(c1ccccc1)C(Cc1ccc(C(F)(F)P(=O)(O)O)cc1)(Cc1ccc(C(F)(F)P(=O)(O)O)c(Br)c1)c1ccccc1. The van der Waals surface area contributed by atoms with E-state index in [9.17, 15) is 41.3 Å². The van der Waals surface area contributed by atoms with Crippen LogP contribution in [0.3, 0.4) is 0 Å². The van der Waals surface area contributed by atoms with Crippen molar-refractivity contribution in [2.45, 2.75) is 29.6 Å². The lowest BCUT2D eigenvalue weighted by molar-refractivity contribution is 0.0557. The van der Waals surface area contributed by atoms with Gasteiger partial charge in [-0.2, -0.15) is 17.6 Å². The number of rotatable bonds is 11. The zero-order chi connectivity index (χ0) is 32.6. The van der Waals surface area contributed by atoms with E-state index in [0.29, 0.717) is 22.3 Å². The second kappa shape index (κ2) is 12.4. The first-order chi connectivity index (χ1) is 20.4. The Bertz CT molecular complexity index is 1740. The maximum atomic E-state index is 14.5. The van der Waals surface area contributed by atoms with Gasteiger partial charge in [0.05, 0.1) is 5.41 Å². The zero-order valence-electron chi connectivity index (χ0n) is 22.5. The molecule has 4 aromatic rings. The number of hydrogen-bond donors (Lipinski definition) is 4. The molecule has 0 fully saturated rings. The highest BCUT2D eigenvalue weighted by Gasteiger charge is 2.52. The van der Waals surface area contributed by atoms with Crippen LogP contribution in [0.1, 0.15) is 38.2 Å². The zero-order valence-corrected chi connectivity index (χ0v) is 25.9. The third-order valence-electron chi connectivity index (χ3n) is 7.20. The molecule has 0 radical (unpaired) electrons. The summed E-state index contributed by atoms with van der Waals surface area (Å²) in [5.41, 5.74) is -10.8. The summed E-state index contributed by atoms with van der Waals surface area (Å²) in [6.45, 7) is 0. The third kappa shape index (κ3) is 6.67. The predicted octanol–water partition coefficient (Wildman–Crippen LogP) is 7.51. The second-order valence-corrected chi connectivity index (χ2v) is 14.3. The number of halogens is 5. The Morgan fingerprint density at radius 1 is 0.636 bits per heavy atom. The van der Waals surface area contributed by atoms with Crippen LogP contribution >= 0.6 is 31.1 Å². The van der Waals surface area contributed by atoms with E-state index in [-0.39, 0.29) is 17.3 Å². The first-order valence-electron chi connectivity index (χ1n) is 12.8. The molecule has 4 N–H and O–H groups in total. The van der Waals surface area contributed by atoms with Crippen molar-refractivity contribution in [2.75, 3.05) is 0 Å². The highest BCUT2D eigenvalue weighted by molar-refractivity contribution is 9.10. The normalized spacial score (nSPS) is 14.2. The molecule has 0 spiro atoms. The van der Waals surface area contributed by atoms with Crippen molar-refractivity contribution in [1.82, 2.24) is 0 Å². The molecule has 0 heterocycles. The van der Waals surface area contributed by atoms with Gasteiger partial charge < -0.3 is 19.6 Å². The molecule has 1 unspecified atom stereocenters. The average molecular weight is 715 g/mol. The maximum absolute atomic E-state index is 14.5. The summed E-state index contributed by atoms with van der Waals surface area (Å²) in [6.07, 6.45) is -0.226. The molecule has 4 aromatic carbocycles. The van der Waals surface area contributed by atoms with Gasteiger partial charge in [-0.15, -0.1) is 0 Å². The lowest BCUT2D eigenvalue weighted by atomic mass is 9.67. The highest BCUT2D eigenvalue weighted by Crippen LogP contribution is 2.61. The molecule has 0 saturated carbocycles. The van der Waals surface area contributed by atoms with E-state index in [1.165, 1.54) is 24.3 Å². The van der Waals surface area contributed by atoms with E-state index in [4.69, 9.17) is 9.79 Å². The van der Waals surface area contributed by atoms with Gasteiger partial charge in [0.1, 0.15) is 0 Å². The molecule has 7 nitrogen and oxygen atoms in total. The number of alkyl halides is 4. The lowest BCUT2D eigenvalue weighted by Crippen LogP contribution is -2.40. The molecule has 0 aliphatic heterocycles. The van der Waals surface area contributed by atoms with Crippen LogP contribution in [0, 0.1) is 0 Å². The van der Waals surface area contributed by atoms with Crippen LogP contribution in [-0.2, 0) is 38.7 Å². The first-order valence-corrected chi connectivity index (χ1v) is 16.8. The minimum atomic E-state index is -5.87. The Morgan fingerprint density at radius 2 is 1.11 bits per heavy atom. The van der Waals surface area contributed by atoms with Crippen molar-refractivity contribution < 1.29 is 51.1 Å². The van der Waals surface area contributed by atoms with Crippen LogP contribution in [0.4, 0.5) is 17.6 Å². The largest absolute Gasteiger partial charge is 0.399 e. The quantitative estimate of drug-likeness (QED) is 0.0718. The maximum Gasteiger partial charge on any atom is 0.399 e. The fourth-order valence-electron chi connectivity index (χ4n) is 4.94. The molecule has 0 bridgehead atoms. The van der Waals surface area contributed by atoms with Gasteiger partial charge in [-0.25, -0.2) is 0 Å². The minimum Gasteiger partial charge on any atom is -0.320 e. The molecule has 0 aliphatic rings. The van der Waals surface area contributed by atoms with Crippen LogP contribution in [0.15, 0.2) is 108 Å². The van der Waals surface area contributed by atoms with Crippen LogP contribution in [-0.4, -0.2) is 25.4 Å². The smallest absolute Gasteiger partial charge is 0.320 e. The summed E-state index contributed by atoms with van der Waals surface area (Å²) in [6, 6.07) is 24.2. The number of carbonyl (C=O) groups excluding carboxylic acids is 1. The molecule has 0 aromatic heterocycles. The molecule has 0 amide bonds.